The van der Waals surface area contributed by atoms with E-state index in [1.54, 1.807) is 15.9 Å². The van der Waals surface area contributed by atoms with Crippen molar-refractivity contribution < 1.29 is 9.53 Å². The number of carbonyl (C=O) groups excluding carboxylic acids is 1. The first-order chi connectivity index (χ1) is 13.6. The Morgan fingerprint density at radius 3 is 3.04 bits per heavy atom. The molecule has 1 fully saturated rings. The van der Waals surface area contributed by atoms with Crippen LogP contribution < -0.4 is 10.9 Å². The number of nitrogens with zero attached hydrogens (tertiary/aromatic N) is 2. The van der Waals surface area contributed by atoms with Crippen molar-refractivity contribution >= 4 is 39.2 Å². The second kappa shape index (κ2) is 8.55. The second-order valence-corrected chi connectivity index (χ2v) is 9.73. The van der Waals surface area contributed by atoms with Gasteiger partial charge in [-0.25, -0.2) is 4.98 Å². The van der Waals surface area contributed by atoms with Gasteiger partial charge in [-0.15, -0.1) is 11.3 Å². The van der Waals surface area contributed by atoms with Crippen LogP contribution in [-0.4, -0.2) is 40.5 Å². The molecule has 0 saturated carbocycles. The summed E-state index contributed by atoms with van der Waals surface area (Å²) in [5.41, 5.74) is 1.26. The molecular weight excluding hydrogens is 394 g/mol. The van der Waals surface area contributed by atoms with Crippen LogP contribution in [0.2, 0.25) is 0 Å². The molecule has 1 amide bonds. The predicted octanol–water partition coefficient (Wildman–Crippen LogP) is 2.99. The molecule has 2 aromatic heterocycles. The fourth-order valence-electron chi connectivity index (χ4n) is 4.01. The van der Waals surface area contributed by atoms with Crippen molar-refractivity contribution in [3.63, 3.8) is 0 Å². The Balaban J connectivity index is 1.52. The van der Waals surface area contributed by atoms with Crippen LogP contribution >= 0.6 is 23.1 Å². The molecule has 1 aliphatic carbocycles. The number of thiophene rings is 1. The van der Waals surface area contributed by atoms with Crippen molar-refractivity contribution in [2.45, 2.75) is 63.8 Å². The average molecular weight is 422 g/mol. The molecule has 1 aliphatic heterocycles. The SMILES string of the molecule is CCn1c(SCC(=O)NC[C@@H]2CCCO2)nc2sc3c(c2c1=O)CC[C@H](C)C3. The maximum atomic E-state index is 13.1. The lowest BCUT2D eigenvalue weighted by Crippen LogP contribution is -2.33. The van der Waals surface area contributed by atoms with Crippen LogP contribution in [0.4, 0.5) is 0 Å². The molecule has 0 spiro atoms. The largest absolute Gasteiger partial charge is 0.376 e. The third kappa shape index (κ3) is 4.00. The first-order valence-electron chi connectivity index (χ1n) is 10.1. The molecule has 0 bridgehead atoms. The maximum absolute atomic E-state index is 13.1. The molecule has 1 saturated heterocycles. The fourth-order valence-corrected chi connectivity index (χ4v) is 6.32. The van der Waals surface area contributed by atoms with Gasteiger partial charge in [0.25, 0.3) is 5.56 Å². The lowest BCUT2D eigenvalue weighted by atomic mass is 9.89. The molecule has 1 N–H and O–H groups in total. The molecule has 3 heterocycles. The van der Waals surface area contributed by atoms with E-state index >= 15 is 0 Å². The van der Waals surface area contributed by atoms with Gasteiger partial charge < -0.3 is 10.1 Å². The molecule has 8 heteroatoms. The van der Waals surface area contributed by atoms with Gasteiger partial charge in [0.2, 0.25) is 5.91 Å². The minimum atomic E-state index is -0.0446. The highest BCUT2D eigenvalue weighted by atomic mass is 32.2. The minimum Gasteiger partial charge on any atom is -0.376 e. The van der Waals surface area contributed by atoms with Crippen molar-refractivity contribution in [3.05, 3.63) is 20.8 Å². The van der Waals surface area contributed by atoms with Gasteiger partial charge in [-0.2, -0.15) is 0 Å². The Hall–Kier alpha value is -1.38. The quantitative estimate of drug-likeness (QED) is 0.573. The third-order valence-electron chi connectivity index (χ3n) is 5.58. The van der Waals surface area contributed by atoms with Crippen LogP contribution in [0.3, 0.4) is 0 Å². The van der Waals surface area contributed by atoms with E-state index in [1.807, 2.05) is 6.92 Å². The monoisotopic (exact) mass is 421 g/mol. The normalized spacial score (nSPS) is 21.8. The van der Waals surface area contributed by atoms with Crippen molar-refractivity contribution in [1.29, 1.82) is 0 Å². The smallest absolute Gasteiger partial charge is 0.263 e. The number of aryl methyl sites for hydroxylation is 1. The van der Waals surface area contributed by atoms with E-state index in [0.29, 0.717) is 24.2 Å². The van der Waals surface area contributed by atoms with Crippen LogP contribution in [0.5, 0.6) is 0 Å². The van der Waals surface area contributed by atoms with E-state index in [2.05, 4.69) is 12.2 Å². The Morgan fingerprint density at radius 2 is 2.29 bits per heavy atom. The number of amides is 1. The zero-order valence-corrected chi connectivity index (χ0v) is 18.1. The standard InChI is InChI=1S/C20H27N3O3S2/c1-3-23-19(25)17-14-7-6-12(2)9-15(14)28-18(17)22-20(23)27-11-16(24)21-10-13-5-4-8-26-13/h12-13H,3-11H2,1-2H3,(H,21,24)/t12-,13-/m0/s1. The lowest BCUT2D eigenvalue weighted by molar-refractivity contribution is -0.119. The van der Waals surface area contributed by atoms with Crippen molar-refractivity contribution in [3.8, 4) is 0 Å². The van der Waals surface area contributed by atoms with E-state index in [-0.39, 0.29) is 23.3 Å². The molecule has 0 unspecified atom stereocenters. The zero-order valence-electron chi connectivity index (χ0n) is 16.5. The van der Waals surface area contributed by atoms with Crippen LogP contribution in [0.25, 0.3) is 10.2 Å². The van der Waals surface area contributed by atoms with E-state index < -0.39 is 0 Å². The van der Waals surface area contributed by atoms with Crippen molar-refractivity contribution in [2.24, 2.45) is 5.92 Å². The number of thioether (sulfide) groups is 1. The Morgan fingerprint density at radius 1 is 1.43 bits per heavy atom. The molecule has 2 atom stereocenters. The van der Waals surface area contributed by atoms with Gasteiger partial charge in [0.15, 0.2) is 5.16 Å². The van der Waals surface area contributed by atoms with E-state index in [1.165, 1.54) is 22.2 Å². The summed E-state index contributed by atoms with van der Waals surface area (Å²) in [4.78, 5) is 32.3. The molecule has 2 aromatic rings. The Kier molecular flexibility index (Phi) is 6.08. The van der Waals surface area contributed by atoms with E-state index in [0.717, 1.165) is 48.9 Å². The average Bonchev–Trinajstić information content (AvgIpc) is 3.31. The summed E-state index contributed by atoms with van der Waals surface area (Å²) in [5, 5.41) is 4.38. The number of ether oxygens (including phenoxy) is 1. The van der Waals surface area contributed by atoms with Crippen LogP contribution in [-0.2, 0) is 28.9 Å². The Labute approximate surface area is 173 Å². The summed E-state index contributed by atoms with van der Waals surface area (Å²) in [5.74, 6) is 0.874. The van der Waals surface area contributed by atoms with Gasteiger partial charge in [-0.1, -0.05) is 18.7 Å². The molecule has 2 aliphatic rings. The number of fused-ring (bicyclic) bond motifs is 3. The van der Waals surface area contributed by atoms with Crippen molar-refractivity contribution in [2.75, 3.05) is 18.9 Å². The first-order valence-corrected chi connectivity index (χ1v) is 11.9. The molecule has 28 heavy (non-hydrogen) atoms. The highest BCUT2D eigenvalue weighted by molar-refractivity contribution is 7.99. The summed E-state index contributed by atoms with van der Waals surface area (Å²) in [6.45, 7) is 6.12. The van der Waals surface area contributed by atoms with Crippen LogP contribution in [0, 0.1) is 5.92 Å². The molecule has 0 radical (unpaired) electrons. The number of hydrogen-bond acceptors (Lipinski definition) is 6. The highest BCUT2D eigenvalue weighted by Gasteiger charge is 2.24. The number of hydrogen-bond donors (Lipinski definition) is 1. The summed E-state index contributed by atoms with van der Waals surface area (Å²) in [6, 6.07) is 0. The summed E-state index contributed by atoms with van der Waals surface area (Å²) in [7, 11) is 0. The zero-order chi connectivity index (χ0) is 19.7. The molecule has 4 rings (SSSR count). The minimum absolute atomic E-state index is 0.0433. The second-order valence-electron chi connectivity index (χ2n) is 7.70. The topological polar surface area (TPSA) is 73.2 Å². The summed E-state index contributed by atoms with van der Waals surface area (Å²) < 4.78 is 7.25. The van der Waals surface area contributed by atoms with Gasteiger partial charge in [0.05, 0.1) is 17.2 Å². The summed E-state index contributed by atoms with van der Waals surface area (Å²) >= 11 is 3.00. The third-order valence-corrected chi connectivity index (χ3v) is 7.70. The van der Waals surface area contributed by atoms with Gasteiger partial charge >= 0.3 is 0 Å². The fraction of sp³-hybridized carbons (Fsp3) is 0.650. The summed E-state index contributed by atoms with van der Waals surface area (Å²) in [6.07, 6.45) is 5.34. The van der Waals surface area contributed by atoms with Gasteiger partial charge in [-0.05, 0) is 50.5 Å². The lowest BCUT2D eigenvalue weighted by Gasteiger charge is -2.17. The Bertz CT molecular complexity index is 931. The van der Waals surface area contributed by atoms with Crippen molar-refractivity contribution in [1.82, 2.24) is 14.9 Å². The van der Waals surface area contributed by atoms with Crippen LogP contribution in [0.1, 0.15) is 43.6 Å². The molecule has 0 aromatic carbocycles. The van der Waals surface area contributed by atoms with E-state index in [9.17, 15) is 9.59 Å². The van der Waals surface area contributed by atoms with Gasteiger partial charge in [0, 0.05) is 24.6 Å². The van der Waals surface area contributed by atoms with Gasteiger partial charge in [-0.3, -0.25) is 14.2 Å². The molecular formula is C20H27N3O3S2. The molecule has 6 nitrogen and oxygen atoms in total. The first kappa shape index (κ1) is 19.9. The number of aromatic nitrogens is 2. The highest BCUT2D eigenvalue weighted by Crippen LogP contribution is 2.36. The maximum Gasteiger partial charge on any atom is 0.263 e. The number of rotatable bonds is 6. The predicted molar refractivity (Wildman–Crippen MR) is 113 cm³/mol. The van der Waals surface area contributed by atoms with Crippen LogP contribution in [0.15, 0.2) is 9.95 Å². The molecule has 152 valence electrons. The number of carbonyl (C=O) groups is 1. The van der Waals surface area contributed by atoms with E-state index in [4.69, 9.17) is 9.72 Å². The number of nitrogens with one attached hydrogen (secondary N) is 1. The van der Waals surface area contributed by atoms with Gasteiger partial charge in [0.1, 0.15) is 4.83 Å².